The second-order valence-electron chi connectivity index (χ2n) is 4.76. The molecule has 1 amide bonds. The summed E-state index contributed by atoms with van der Waals surface area (Å²) >= 11 is 0. The smallest absolute Gasteiger partial charge is 0.222 e. The lowest BCUT2D eigenvalue weighted by molar-refractivity contribution is -0.136. The van der Waals surface area contributed by atoms with Gasteiger partial charge in [-0.15, -0.1) is 0 Å². The number of rotatable bonds is 4. The van der Waals surface area contributed by atoms with Gasteiger partial charge >= 0.3 is 0 Å². The minimum atomic E-state index is -0.363. The molecule has 16 heavy (non-hydrogen) atoms. The lowest BCUT2D eigenvalue weighted by Crippen LogP contribution is -2.45. The molecular formula is C12H23NO3. The Morgan fingerprint density at radius 1 is 1.62 bits per heavy atom. The number of piperidine rings is 1. The Kier molecular flexibility index (Phi) is 5.22. The highest BCUT2D eigenvalue weighted by atomic mass is 16.5. The lowest BCUT2D eigenvalue weighted by atomic mass is 9.96. The van der Waals surface area contributed by atoms with E-state index in [1.165, 1.54) is 0 Å². The monoisotopic (exact) mass is 229 g/mol. The summed E-state index contributed by atoms with van der Waals surface area (Å²) in [5.74, 6) is 0.441. The molecule has 1 rings (SSSR count). The van der Waals surface area contributed by atoms with Crippen LogP contribution in [0.1, 0.15) is 33.1 Å². The molecule has 1 aliphatic rings. The molecule has 0 aromatic rings. The van der Waals surface area contributed by atoms with Crippen LogP contribution in [-0.2, 0) is 9.53 Å². The highest BCUT2D eigenvalue weighted by Crippen LogP contribution is 2.18. The fourth-order valence-electron chi connectivity index (χ4n) is 1.88. The average molecular weight is 229 g/mol. The second kappa shape index (κ2) is 6.21. The Hall–Kier alpha value is -0.610. The van der Waals surface area contributed by atoms with E-state index >= 15 is 0 Å². The minimum Gasteiger partial charge on any atom is -0.391 e. The van der Waals surface area contributed by atoms with Crippen molar-refractivity contribution < 1.29 is 14.6 Å². The van der Waals surface area contributed by atoms with Gasteiger partial charge in [0.2, 0.25) is 5.91 Å². The van der Waals surface area contributed by atoms with Gasteiger partial charge in [0.05, 0.1) is 12.2 Å². The topological polar surface area (TPSA) is 49.8 Å². The summed E-state index contributed by atoms with van der Waals surface area (Å²) in [6, 6.07) is 0. The van der Waals surface area contributed by atoms with E-state index in [9.17, 15) is 9.90 Å². The van der Waals surface area contributed by atoms with Gasteiger partial charge in [0, 0.05) is 26.6 Å². The first-order chi connectivity index (χ1) is 7.54. The summed E-state index contributed by atoms with van der Waals surface area (Å²) in [5, 5.41) is 9.70. The van der Waals surface area contributed by atoms with Gasteiger partial charge in [-0.3, -0.25) is 4.79 Å². The number of carbonyl (C=O) groups excluding carboxylic acids is 1. The van der Waals surface area contributed by atoms with Crippen molar-refractivity contribution in [2.45, 2.75) is 45.3 Å². The predicted octanol–water partition coefficient (Wildman–Crippen LogP) is 1.03. The molecule has 1 aliphatic heterocycles. The molecule has 1 N–H and O–H groups in total. The molecule has 1 saturated heterocycles. The van der Waals surface area contributed by atoms with Gasteiger partial charge in [0.15, 0.2) is 0 Å². The van der Waals surface area contributed by atoms with Crippen molar-refractivity contribution in [3.05, 3.63) is 0 Å². The number of nitrogens with zero attached hydrogens (tertiary/aromatic N) is 1. The maximum absolute atomic E-state index is 11.8. The molecule has 0 bridgehead atoms. The van der Waals surface area contributed by atoms with E-state index in [0.717, 1.165) is 19.4 Å². The summed E-state index contributed by atoms with van der Waals surface area (Å²) in [4.78, 5) is 13.6. The third-order valence-electron chi connectivity index (χ3n) is 3.44. The molecule has 0 aromatic carbocycles. The van der Waals surface area contributed by atoms with E-state index < -0.39 is 0 Å². The quantitative estimate of drug-likeness (QED) is 0.783. The number of ether oxygens (including phenoxy) is 1. The first-order valence-corrected chi connectivity index (χ1v) is 6.03. The molecule has 1 fully saturated rings. The summed E-state index contributed by atoms with van der Waals surface area (Å²) in [6.45, 7) is 5.25. The van der Waals surface area contributed by atoms with Crippen LogP contribution in [0, 0.1) is 5.92 Å². The van der Waals surface area contributed by atoms with Crippen LogP contribution in [0.4, 0.5) is 0 Å². The highest BCUT2D eigenvalue weighted by Gasteiger charge is 2.26. The Morgan fingerprint density at radius 2 is 2.31 bits per heavy atom. The molecule has 94 valence electrons. The Balaban J connectivity index is 2.32. The molecule has 0 aliphatic carbocycles. The fourth-order valence-corrected chi connectivity index (χ4v) is 1.88. The third kappa shape index (κ3) is 3.76. The van der Waals surface area contributed by atoms with E-state index in [2.05, 4.69) is 0 Å². The summed E-state index contributed by atoms with van der Waals surface area (Å²) in [6.07, 6.45) is 1.91. The van der Waals surface area contributed by atoms with Crippen LogP contribution in [0.3, 0.4) is 0 Å². The maximum atomic E-state index is 11.8. The van der Waals surface area contributed by atoms with Crippen LogP contribution in [0.2, 0.25) is 0 Å². The van der Waals surface area contributed by atoms with Crippen molar-refractivity contribution in [2.75, 3.05) is 20.2 Å². The standard InChI is InChI=1S/C12H23NO3/c1-9-6-7-13(8-11(9)14)12(15)5-4-10(2)16-3/h9-11,14H,4-8H2,1-3H3. The Labute approximate surface area is 97.6 Å². The van der Waals surface area contributed by atoms with Crippen molar-refractivity contribution in [2.24, 2.45) is 5.92 Å². The number of aliphatic hydroxyl groups excluding tert-OH is 1. The number of amides is 1. The first kappa shape index (κ1) is 13.5. The molecule has 1 heterocycles. The van der Waals surface area contributed by atoms with Crippen molar-refractivity contribution in [3.8, 4) is 0 Å². The van der Waals surface area contributed by atoms with Crippen LogP contribution in [0.15, 0.2) is 0 Å². The van der Waals surface area contributed by atoms with Crippen molar-refractivity contribution in [1.29, 1.82) is 0 Å². The number of likely N-dealkylation sites (tertiary alicyclic amines) is 1. The van der Waals surface area contributed by atoms with Gasteiger partial charge in [0.1, 0.15) is 0 Å². The second-order valence-corrected chi connectivity index (χ2v) is 4.76. The number of aliphatic hydroxyl groups is 1. The van der Waals surface area contributed by atoms with Gasteiger partial charge in [0.25, 0.3) is 0 Å². The molecule has 4 nitrogen and oxygen atoms in total. The third-order valence-corrected chi connectivity index (χ3v) is 3.44. The van der Waals surface area contributed by atoms with Gasteiger partial charge in [-0.2, -0.15) is 0 Å². The predicted molar refractivity (Wildman–Crippen MR) is 62.1 cm³/mol. The average Bonchev–Trinajstić information content (AvgIpc) is 2.29. The molecule has 0 saturated carbocycles. The van der Waals surface area contributed by atoms with Gasteiger partial charge in [-0.05, 0) is 25.7 Å². The van der Waals surface area contributed by atoms with Crippen LogP contribution < -0.4 is 0 Å². The van der Waals surface area contributed by atoms with E-state index in [4.69, 9.17) is 4.74 Å². The van der Waals surface area contributed by atoms with Crippen molar-refractivity contribution in [3.63, 3.8) is 0 Å². The number of β-amino-alcohol motifs (C(OH)–C–C–N with tert-alkyl or cyclic N) is 1. The van der Waals surface area contributed by atoms with E-state index in [-0.39, 0.29) is 18.1 Å². The molecule has 4 heteroatoms. The zero-order valence-corrected chi connectivity index (χ0v) is 10.5. The molecular weight excluding hydrogens is 206 g/mol. The van der Waals surface area contributed by atoms with Gasteiger partial charge < -0.3 is 14.7 Å². The number of hydrogen-bond donors (Lipinski definition) is 1. The van der Waals surface area contributed by atoms with E-state index in [1.54, 1.807) is 12.0 Å². The van der Waals surface area contributed by atoms with Crippen molar-refractivity contribution >= 4 is 5.91 Å². The first-order valence-electron chi connectivity index (χ1n) is 6.03. The zero-order chi connectivity index (χ0) is 12.1. The summed E-state index contributed by atoms with van der Waals surface area (Å²) < 4.78 is 5.11. The lowest BCUT2D eigenvalue weighted by Gasteiger charge is -2.34. The molecule has 3 unspecified atom stereocenters. The van der Waals surface area contributed by atoms with Crippen LogP contribution in [0.25, 0.3) is 0 Å². The Morgan fingerprint density at radius 3 is 2.88 bits per heavy atom. The molecule has 3 atom stereocenters. The normalized spacial score (nSPS) is 27.9. The highest BCUT2D eigenvalue weighted by molar-refractivity contribution is 5.76. The largest absolute Gasteiger partial charge is 0.391 e. The SMILES string of the molecule is COC(C)CCC(=O)N1CCC(C)C(O)C1. The van der Waals surface area contributed by atoms with Crippen LogP contribution in [-0.4, -0.2) is 48.3 Å². The van der Waals surface area contributed by atoms with Gasteiger partial charge in [-0.25, -0.2) is 0 Å². The number of hydrogen-bond acceptors (Lipinski definition) is 3. The number of carbonyl (C=O) groups is 1. The van der Waals surface area contributed by atoms with Gasteiger partial charge in [-0.1, -0.05) is 6.92 Å². The van der Waals surface area contributed by atoms with Crippen LogP contribution >= 0.6 is 0 Å². The molecule has 0 radical (unpaired) electrons. The van der Waals surface area contributed by atoms with Crippen molar-refractivity contribution in [1.82, 2.24) is 4.90 Å². The summed E-state index contributed by atoms with van der Waals surface area (Å²) in [5.41, 5.74) is 0. The fraction of sp³-hybridized carbons (Fsp3) is 0.917. The van der Waals surface area contributed by atoms with E-state index in [0.29, 0.717) is 18.9 Å². The number of methoxy groups -OCH3 is 1. The zero-order valence-electron chi connectivity index (χ0n) is 10.5. The minimum absolute atomic E-state index is 0.123. The Bertz CT molecular complexity index is 232. The molecule has 0 aromatic heterocycles. The maximum Gasteiger partial charge on any atom is 0.222 e. The molecule has 0 spiro atoms. The van der Waals surface area contributed by atoms with Crippen LogP contribution in [0.5, 0.6) is 0 Å². The van der Waals surface area contributed by atoms with E-state index in [1.807, 2.05) is 13.8 Å². The summed E-state index contributed by atoms with van der Waals surface area (Å²) in [7, 11) is 1.65.